The van der Waals surface area contributed by atoms with Crippen LogP contribution in [0.25, 0.3) is 0 Å². The molecule has 1 aliphatic carbocycles. The van der Waals surface area contributed by atoms with Crippen LogP contribution in [0.2, 0.25) is 0 Å². The van der Waals surface area contributed by atoms with Crippen LogP contribution in [-0.2, 0) is 26.8 Å². The summed E-state index contributed by atoms with van der Waals surface area (Å²) >= 11 is 0. The Labute approximate surface area is 174 Å². The molecular formula is C26H30O3. The molecule has 0 spiro atoms. The highest BCUT2D eigenvalue weighted by atomic mass is 16.5. The molecule has 0 saturated heterocycles. The van der Waals surface area contributed by atoms with E-state index in [9.17, 15) is 9.90 Å². The van der Waals surface area contributed by atoms with E-state index in [4.69, 9.17) is 4.74 Å². The van der Waals surface area contributed by atoms with Gasteiger partial charge in [-0.2, -0.15) is 0 Å². The summed E-state index contributed by atoms with van der Waals surface area (Å²) in [6, 6.07) is 15.9. The van der Waals surface area contributed by atoms with Gasteiger partial charge in [0.1, 0.15) is 12.2 Å². The number of ether oxygens (including phenoxy) is 1. The molecule has 0 fully saturated rings. The van der Waals surface area contributed by atoms with Gasteiger partial charge in [0.05, 0.1) is 6.42 Å². The van der Waals surface area contributed by atoms with Crippen molar-refractivity contribution in [3.05, 3.63) is 70.8 Å². The predicted octanol–water partition coefficient (Wildman–Crippen LogP) is 5.21. The second kappa shape index (κ2) is 8.43. The average molecular weight is 391 g/mol. The minimum atomic E-state index is -0.983. The van der Waals surface area contributed by atoms with Crippen LogP contribution in [0.5, 0.6) is 0 Å². The molecular weight excluding hydrogens is 360 g/mol. The number of aryl methyl sites for hydroxylation is 1. The van der Waals surface area contributed by atoms with Crippen molar-refractivity contribution in [3.63, 3.8) is 0 Å². The molecule has 1 unspecified atom stereocenters. The number of rotatable bonds is 4. The van der Waals surface area contributed by atoms with Crippen molar-refractivity contribution in [1.29, 1.82) is 0 Å². The second-order valence-electron chi connectivity index (χ2n) is 9.18. The van der Waals surface area contributed by atoms with Gasteiger partial charge in [0.2, 0.25) is 0 Å². The largest absolute Gasteiger partial charge is 0.376 e. The van der Waals surface area contributed by atoms with Gasteiger partial charge in [0, 0.05) is 0 Å². The van der Waals surface area contributed by atoms with Crippen LogP contribution in [0.4, 0.5) is 0 Å². The number of hydrogen-bond acceptors (Lipinski definition) is 3. The summed E-state index contributed by atoms with van der Waals surface area (Å²) in [6.07, 6.45) is 4.53. The molecule has 3 heteroatoms. The smallest absolute Gasteiger partial charge is 0.320 e. The number of carbonyl (C=O) groups is 1. The standard InChI is InChI=1S/C26H30O3/c1-25(2)15-16-26(3,4)22-18-20(11-12-21(22)25)23(27)14-17-29-24(28)13-10-19-8-6-5-7-9-19/h5-9,11-12,18,23,27H,10,13,15-16H2,1-4H3. The van der Waals surface area contributed by atoms with Gasteiger partial charge >= 0.3 is 5.97 Å². The molecule has 2 aromatic rings. The van der Waals surface area contributed by atoms with E-state index in [-0.39, 0.29) is 23.2 Å². The number of benzene rings is 2. The van der Waals surface area contributed by atoms with Crippen molar-refractivity contribution in [3.8, 4) is 12.0 Å². The second-order valence-corrected chi connectivity index (χ2v) is 9.18. The van der Waals surface area contributed by atoms with Crippen LogP contribution in [0, 0.1) is 12.0 Å². The van der Waals surface area contributed by atoms with Gasteiger partial charge in [-0.15, -0.1) is 0 Å². The molecule has 0 amide bonds. The fraction of sp³-hybridized carbons (Fsp3) is 0.423. The first kappa shape index (κ1) is 21.1. The Kier molecular flexibility index (Phi) is 6.15. The summed E-state index contributed by atoms with van der Waals surface area (Å²) in [7, 11) is 0. The lowest BCUT2D eigenvalue weighted by Gasteiger charge is -2.42. The van der Waals surface area contributed by atoms with Crippen LogP contribution >= 0.6 is 0 Å². The maximum absolute atomic E-state index is 11.9. The zero-order valence-electron chi connectivity index (χ0n) is 17.8. The van der Waals surface area contributed by atoms with E-state index in [2.05, 4.69) is 51.9 Å². The van der Waals surface area contributed by atoms with Gasteiger partial charge in [0.25, 0.3) is 0 Å². The van der Waals surface area contributed by atoms with Crippen molar-refractivity contribution < 1.29 is 14.6 Å². The summed E-state index contributed by atoms with van der Waals surface area (Å²) in [4.78, 5) is 11.9. The van der Waals surface area contributed by atoms with E-state index >= 15 is 0 Å². The molecule has 2 aromatic carbocycles. The molecule has 3 rings (SSSR count). The van der Waals surface area contributed by atoms with Crippen molar-refractivity contribution in [2.75, 3.05) is 0 Å². The third-order valence-corrected chi connectivity index (χ3v) is 6.01. The molecule has 0 saturated carbocycles. The Morgan fingerprint density at radius 1 is 1.03 bits per heavy atom. The fourth-order valence-electron chi connectivity index (χ4n) is 3.94. The van der Waals surface area contributed by atoms with Crippen molar-refractivity contribution in [2.24, 2.45) is 0 Å². The lowest BCUT2D eigenvalue weighted by molar-refractivity contribution is -0.136. The molecule has 0 aromatic heterocycles. The first-order valence-corrected chi connectivity index (χ1v) is 10.3. The highest BCUT2D eigenvalue weighted by Crippen LogP contribution is 2.46. The molecule has 0 radical (unpaired) electrons. The highest BCUT2D eigenvalue weighted by molar-refractivity contribution is 5.70. The normalized spacial score (nSPS) is 17.4. The van der Waals surface area contributed by atoms with Gasteiger partial charge in [-0.1, -0.05) is 76.2 Å². The topological polar surface area (TPSA) is 46.5 Å². The van der Waals surface area contributed by atoms with Crippen LogP contribution < -0.4 is 0 Å². The lowest BCUT2D eigenvalue weighted by Crippen LogP contribution is -2.34. The molecule has 0 aliphatic heterocycles. The summed E-state index contributed by atoms with van der Waals surface area (Å²) in [5.74, 6) is 2.26. The predicted molar refractivity (Wildman–Crippen MR) is 115 cm³/mol. The molecule has 0 bridgehead atoms. The number of aliphatic hydroxyl groups excluding tert-OH is 1. The summed E-state index contributed by atoms with van der Waals surface area (Å²) in [5, 5.41) is 10.5. The van der Waals surface area contributed by atoms with Crippen LogP contribution in [0.15, 0.2) is 48.5 Å². The molecule has 1 atom stereocenters. The minimum absolute atomic E-state index is 0.0674. The first-order valence-electron chi connectivity index (χ1n) is 10.3. The SMILES string of the molecule is CC1(C)CCC(C)(C)c2cc(C(O)C#COC(=O)CCc3ccccc3)ccc21. The maximum Gasteiger partial charge on any atom is 0.320 e. The number of aliphatic hydroxyl groups is 1. The van der Waals surface area contributed by atoms with E-state index < -0.39 is 6.10 Å². The monoisotopic (exact) mass is 390 g/mol. The van der Waals surface area contributed by atoms with Crippen molar-refractivity contribution >= 4 is 5.97 Å². The Hall–Kier alpha value is -2.57. The third kappa shape index (κ3) is 5.08. The van der Waals surface area contributed by atoms with Gasteiger partial charge in [-0.25, -0.2) is 0 Å². The van der Waals surface area contributed by atoms with Crippen LogP contribution in [0.3, 0.4) is 0 Å². The van der Waals surface area contributed by atoms with E-state index in [1.165, 1.54) is 11.1 Å². The number of carbonyl (C=O) groups excluding carboxylic acids is 1. The molecule has 29 heavy (non-hydrogen) atoms. The zero-order valence-corrected chi connectivity index (χ0v) is 17.8. The van der Waals surface area contributed by atoms with Crippen LogP contribution in [-0.4, -0.2) is 11.1 Å². The van der Waals surface area contributed by atoms with Crippen LogP contribution in [0.1, 0.15) is 75.3 Å². The molecule has 0 heterocycles. The first-order chi connectivity index (χ1) is 13.7. The van der Waals surface area contributed by atoms with E-state index in [1.807, 2.05) is 36.4 Å². The van der Waals surface area contributed by atoms with Crippen molar-refractivity contribution in [1.82, 2.24) is 0 Å². The highest BCUT2D eigenvalue weighted by Gasteiger charge is 2.37. The van der Waals surface area contributed by atoms with E-state index in [0.29, 0.717) is 6.42 Å². The minimum Gasteiger partial charge on any atom is -0.376 e. The molecule has 3 nitrogen and oxygen atoms in total. The van der Waals surface area contributed by atoms with Gasteiger partial charge < -0.3 is 9.84 Å². The maximum atomic E-state index is 11.9. The molecule has 1 N–H and O–H groups in total. The Morgan fingerprint density at radius 2 is 1.69 bits per heavy atom. The third-order valence-electron chi connectivity index (χ3n) is 6.01. The van der Waals surface area contributed by atoms with E-state index in [1.54, 1.807) is 0 Å². The molecule has 1 aliphatic rings. The average Bonchev–Trinajstić information content (AvgIpc) is 2.70. The van der Waals surface area contributed by atoms with E-state index in [0.717, 1.165) is 24.0 Å². The lowest BCUT2D eigenvalue weighted by atomic mass is 9.63. The Balaban J connectivity index is 1.64. The number of fused-ring (bicyclic) bond motifs is 1. The zero-order chi connectivity index (χ0) is 21.1. The summed E-state index contributed by atoms with van der Waals surface area (Å²) in [5.41, 5.74) is 4.63. The van der Waals surface area contributed by atoms with Gasteiger partial charge in [0.15, 0.2) is 0 Å². The molecule has 152 valence electrons. The Morgan fingerprint density at radius 3 is 2.38 bits per heavy atom. The van der Waals surface area contributed by atoms with Gasteiger partial charge in [-0.05, 0) is 58.3 Å². The number of hydrogen-bond donors (Lipinski definition) is 1. The Bertz CT molecular complexity index is 929. The fourth-order valence-corrected chi connectivity index (χ4v) is 3.94. The summed E-state index contributed by atoms with van der Waals surface area (Å²) < 4.78 is 4.98. The van der Waals surface area contributed by atoms with Gasteiger partial charge in [-0.3, -0.25) is 4.79 Å². The number of esters is 1. The van der Waals surface area contributed by atoms with Crippen molar-refractivity contribution in [2.45, 2.75) is 70.3 Å². The summed E-state index contributed by atoms with van der Waals surface area (Å²) in [6.45, 7) is 9.03. The quantitative estimate of drug-likeness (QED) is 0.576.